The molecule has 2 aromatic rings. The van der Waals surface area contributed by atoms with Gasteiger partial charge >= 0.3 is 0 Å². The second-order valence-corrected chi connectivity index (χ2v) is 4.51. The normalized spacial score (nSPS) is 20.9. The predicted octanol–water partition coefficient (Wildman–Crippen LogP) is 2.81. The van der Waals surface area contributed by atoms with Crippen LogP contribution in [0.25, 0.3) is 11.0 Å². The number of fused-ring (bicyclic) bond motifs is 1. The zero-order valence-electron chi connectivity index (χ0n) is 9.58. The number of rotatable bonds is 2. The summed E-state index contributed by atoms with van der Waals surface area (Å²) in [5, 5.41) is 0. The molecule has 1 aromatic carbocycles. The molecule has 1 saturated heterocycles. The number of para-hydroxylation sites is 1. The van der Waals surface area contributed by atoms with Gasteiger partial charge in [-0.15, -0.1) is 0 Å². The molecule has 1 unspecified atom stereocenters. The molecule has 0 aliphatic carbocycles. The van der Waals surface area contributed by atoms with Crippen LogP contribution in [0.2, 0.25) is 0 Å². The van der Waals surface area contributed by atoms with E-state index in [1.807, 2.05) is 6.07 Å². The highest BCUT2D eigenvalue weighted by Gasteiger charge is 2.16. The molecule has 1 N–H and O–H groups in total. The number of hydrogen-bond acceptors (Lipinski definition) is 2. The monoisotopic (exact) mass is 234 g/mol. The van der Waals surface area contributed by atoms with Gasteiger partial charge in [-0.3, -0.25) is 0 Å². The molecule has 0 spiro atoms. The van der Waals surface area contributed by atoms with Crippen molar-refractivity contribution >= 4 is 11.0 Å². The molecule has 0 radical (unpaired) electrons. The van der Waals surface area contributed by atoms with Gasteiger partial charge in [0, 0.05) is 13.0 Å². The molecule has 4 heteroatoms. The van der Waals surface area contributed by atoms with E-state index in [-0.39, 0.29) is 11.9 Å². The van der Waals surface area contributed by atoms with Crippen LogP contribution < -0.4 is 0 Å². The van der Waals surface area contributed by atoms with Crippen molar-refractivity contribution in [2.24, 2.45) is 0 Å². The van der Waals surface area contributed by atoms with Gasteiger partial charge in [0.25, 0.3) is 0 Å². The third kappa shape index (κ3) is 2.17. The summed E-state index contributed by atoms with van der Waals surface area (Å²) in [7, 11) is 0. The summed E-state index contributed by atoms with van der Waals surface area (Å²) in [6, 6.07) is 4.97. The zero-order valence-corrected chi connectivity index (χ0v) is 9.58. The molecule has 17 heavy (non-hydrogen) atoms. The summed E-state index contributed by atoms with van der Waals surface area (Å²) in [6.45, 7) is 0.833. The number of aromatic nitrogens is 2. The minimum Gasteiger partial charge on any atom is -0.378 e. The average Bonchev–Trinajstić information content (AvgIpc) is 2.74. The topological polar surface area (TPSA) is 37.9 Å². The third-order valence-electron chi connectivity index (χ3n) is 3.21. The summed E-state index contributed by atoms with van der Waals surface area (Å²) in [5.74, 6) is 0.548. The first kappa shape index (κ1) is 10.7. The van der Waals surface area contributed by atoms with Crippen LogP contribution in [0.4, 0.5) is 4.39 Å². The Hall–Kier alpha value is -1.42. The molecule has 2 heterocycles. The second kappa shape index (κ2) is 4.45. The van der Waals surface area contributed by atoms with Gasteiger partial charge in [0.15, 0.2) is 5.82 Å². The molecule has 1 aliphatic rings. The van der Waals surface area contributed by atoms with E-state index in [0.29, 0.717) is 5.52 Å². The fraction of sp³-hybridized carbons (Fsp3) is 0.462. The molecule has 90 valence electrons. The molecule has 1 fully saturated rings. The highest BCUT2D eigenvalue weighted by atomic mass is 19.1. The van der Waals surface area contributed by atoms with Crippen molar-refractivity contribution in [3.05, 3.63) is 29.8 Å². The van der Waals surface area contributed by atoms with Gasteiger partial charge in [-0.05, 0) is 31.4 Å². The summed E-state index contributed by atoms with van der Waals surface area (Å²) >= 11 is 0. The van der Waals surface area contributed by atoms with Gasteiger partial charge in [-0.1, -0.05) is 6.07 Å². The SMILES string of the molecule is Fc1cccc2[nH]c(CC3CCCCO3)nc12. The Morgan fingerprint density at radius 2 is 2.35 bits per heavy atom. The first-order chi connectivity index (χ1) is 8.33. The first-order valence-corrected chi connectivity index (χ1v) is 6.07. The molecule has 1 aliphatic heterocycles. The number of benzene rings is 1. The highest BCUT2D eigenvalue weighted by Crippen LogP contribution is 2.19. The van der Waals surface area contributed by atoms with Crippen molar-refractivity contribution in [3.8, 4) is 0 Å². The van der Waals surface area contributed by atoms with Crippen molar-refractivity contribution in [3.63, 3.8) is 0 Å². The van der Waals surface area contributed by atoms with E-state index in [1.165, 1.54) is 12.5 Å². The Bertz CT molecular complexity index is 517. The summed E-state index contributed by atoms with van der Waals surface area (Å²) in [6.07, 6.45) is 4.39. The van der Waals surface area contributed by atoms with Crippen molar-refractivity contribution in [1.82, 2.24) is 9.97 Å². The van der Waals surface area contributed by atoms with Crippen molar-refractivity contribution in [2.45, 2.75) is 31.8 Å². The number of halogens is 1. The molecule has 0 amide bonds. The quantitative estimate of drug-likeness (QED) is 0.867. The van der Waals surface area contributed by atoms with Gasteiger partial charge in [0.2, 0.25) is 0 Å². The standard InChI is InChI=1S/C13H15FN2O/c14-10-5-3-6-11-13(10)16-12(15-11)8-9-4-1-2-7-17-9/h3,5-6,9H,1-2,4,7-8H2,(H,15,16). The predicted molar refractivity (Wildman–Crippen MR) is 63.3 cm³/mol. The van der Waals surface area contributed by atoms with Crippen LogP contribution >= 0.6 is 0 Å². The summed E-state index contributed by atoms with van der Waals surface area (Å²) < 4.78 is 19.1. The lowest BCUT2D eigenvalue weighted by Gasteiger charge is -2.21. The van der Waals surface area contributed by atoms with E-state index < -0.39 is 0 Å². The van der Waals surface area contributed by atoms with Crippen molar-refractivity contribution < 1.29 is 9.13 Å². The lowest BCUT2D eigenvalue weighted by Crippen LogP contribution is -2.21. The number of hydrogen-bond donors (Lipinski definition) is 1. The molecular weight excluding hydrogens is 219 g/mol. The Morgan fingerprint density at radius 3 is 3.12 bits per heavy atom. The van der Waals surface area contributed by atoms with E-state index in [2.05, 4.69) is 9.97 Å². The van der Waals surface area contributed by atoms with E-state index >= 15 is 0 Å². The van der Waals surface area contributed by atoms with Crippen LogP contribution in [-0.4, -0.2) is 22.7 Å². The fourth-order valence-corrected chi connectivity index (χ4v) is 2.33. The van der Waals surface area contributed by atoms with Gasteiger partial charge in [0.1, 0.15) is 11.3 Å². The largest absolute Gasteiger partial charge is 0.378 e. The molecule has 3 rings (SSSR count). The van der Waals surface area contributed by atoms with Gasteiger partial charge in [-0.25, -0.2) is 9.37 Å². The van der Waals surface area contributed by atoms with Crippen LogP contribution in [0, 0.1) is 5.82 Å². The lowest BCUT2D eigenvalue weighted by molar-refractivity contribution is 0.0158. The third-order valence-corrected chi connectivity index (χ3v) is 3.21. The number of ether oxygens (including phenoxy) is 1. The fourth-order valence-electron chi connectivity index (χ4n) is 2.33. The Labute approximate surface area is 99.0 Å². The number of nitrogens with zero attached hydrogens (tertiary/aromatic N) is 1. The molecule has 3 nitrogen and oxygen atoms in total. The smallest absolute Gasteiger partial charge is 0.151 e. The Balaban J connectivity index is 1.83. The van der Waals surface area contributed by atoms with E-state index in [0.717, 1.165) is 37.2 Å². The summed E-state index contributed by atoms with van der Waals surface area (Å²) in [4.78, 5) is 7.45. The zero-order chi connectivity index (χ0) is 11.7. The highest BCUT2D eigenvalue weighted by molar-refractivity contribution is 5.75. The van der Waals surface area contributed by atoms with Crippen LogP contribution in [0.5, 0.6) is 0 Å². The van der Waals surface area contributed by atoms with E-state index in [9.17, 15) is 4.39 Å². The maximum atomic E-state index is 13.5. The van der Waals surface area contributed by atoms with E-state index in [4.69, 9.17) is 4.74 Å². The minimum atomic E-state index is -0.269. The van der Waals surface area contributed by atoms with Crippen LogP contribution in [0.15, 0.2) is 18.2 Å². The number of H-pyrrole nitrogens is 1. The van der Waals surface area contributed by atoms with E-state index in [1.54, 1.807) is 6.07 Å². The number of nitrogens with one attached hydrogen (secondary N) is 1. The van der Waals surface area contributed by atoms with Crippen LogP contribution in [-0.2, 0) is 11.2 Å². The molecule has 0 bridgehead atoms. The van der Waals surface area contributed by atoms with Gasteiger partial charge < -0.3 is 9.72 Å². The number of imidazole rings is 1. The van der Waals surface area contributed by atoms with Crippen molar-refractivity contribution in [2.75, 3.05) is 6.61 Å². The molecular formula is C13H15FN2O. The second-order valence-electron chi connectivity index (χ2n) is 4.51. The minimum absolute atomic E-state index is 0.229. The maximum absolute atomic E-state index is 13.5. The number of aromatic amines is 1. The van der Waals surface area contributed by atoms with Crippen molar-refractivity contribution in [1.29, 1.82) is 0 Å². The molecule has 0 saturated carbocycles. The maximum Gasteiger partial charge on any atom is 0.151 e. The van der Waals surface area contributed by atoms with Gasteiger partial charge in [-0.2, -0.15) is 0 Å². The molecule has 1 aromatic heterocycles. The Kier molecular flexibility index (Phi) is 2.81. The van der Waals surface area contributed by atoms with Gasteiger partial charge in [0.05, 0.1) is 11.6 Å². The van der Waals surface area contributed by atoms with Crippen LogP contribution in [0.3, 0.4) is 0 Å². The van der Waals surface area contributed by atoms with Crippen LogP contribution in [0.1, 0.15) is 25.1 Å². The first-order valence-electron chi connectivity index (χ1n) is 6.07. The average molecular weight is 234 g/mol. The lowest BCUT2D eigenvalue weighted by atomic mass is 10.1. The molecule has 1 atom stereocenters. The summed E-state index contributed by atoms with van der Waals surface area (Å²) in [5.41, 5.74) is 1.19. The Morgan fingerprint density at radius 1 is 1.41 bits per heavy atom.